The summed E-state index contributed by atoms with van der Waals surface area (Å²) < 4.78 is 24.6. The largest absolute Gasteiger partial charge is 0.497 e. The summed E-state index contributed by atoms with van der Waals surface area (Å²) in [5.74, 6) is 1.41. The Morgan fingerprint density at radius 2 is 2.04 bits per heavy atom. The van der Waals surface area contributed by atoms with E-state index in [-0.39, 0.29) is 18.0 Å². The van der Waals surface area contributed by atoms with E-state index < -0.39 is 0 Å². The van der Waals surface area contributed by atoms with E-state index in [9.17, 15) is 4.39 Å². The van der Waals surface area contributed by atoms with Gasteiger partial charge >= 0.3 is 0 Å². The molecule has 2 aromatic carbocycles. The first-order valence-electron chi connectivity index (χ1n) is 9.08. The van der Waals surface area contributed by atoms with Crippen LogP contribution >= 0.6 is 0 Å². The highest BCUT2D eigenvalue weighted by molar-refractivity contribution is 5.80. The van der Waals surface area contributed by atoms with Gasteiger partial charge in [0.15, 0.2) is 5.96 Å². The summed E-state index contributed by atoms with van der Waals surface area (Å²) in [5, 5.41) is 3.41. The fourth-order valence-electron chi connectivity index (χ4n) is 3.28. The molecule has 0 aliphatic carbocycles. The van der Waals surface area contributed by atoms with Crippen molar-refractivity contribution in [1.29, 1.82) is 0 Å². The molecule has 2 aromatic rings. The smallest absolute Gasteiger partial charge is 0.194 e. The second-order valence-electron chi connectivity index (χ2n) is 6.64. The molecule has 1 saturated heterocycles. The number of aliphatic imine (C=N–C) groups is 1. The molecule has 1 aliphatic rings. The van der Waals surface area contributed by atoms with Gasteiger partial charge in [-0.1, -0.05) is 24.3 Å². The van der Waals surface area contributed by atoms with Crippen molar-refractivity contribution in [2.75, 3.05) is 27.2 Å². The van der Waals surface area contributed by atoms with Gasteiger partial charge in [0.25, 0.3) is 0 Å². The Hall–Kier alpha value is -2.60. The molecule has 1 fully saturated rings. The highest BCUT2D eigenvalue weighted by Crippen LogP contribution is 2.25. The molecular weight excluding hydrogens is 345 g/mol. The average molecular weight is 371 g/mol. The lowest BCUT2D eigenvalue weighted by molar-refractivity contribution is -0.0605. The van der Waals surface area contributed by atoms with Crippen LogP contribution in [-0.2, 0) is 11.3 Å². The highest BCUT2D eigenvalue weighted by Gasteiger charge is 2.28. The van der Waals surface area contributed by atoms with Gasteiger partial charge in [-0.25, -0.2) is 4.39 Å². The molecule has 2 unspecified atom stereocenters. The predicted molar refractivity (Wildman–Crippen MR) is 104 cm³/mol. The fraction of sp³-hybridized carbons (Fsp3) is 0.381. The number of ether oxygens (including phenoxy) is 2. The molecule has 27 heavy (non-hydrogen) atoms. The predicted octanol–water partition coefficient (Wildman–Crippen LogP) is 3.37. The molecule has 6 heteroatoms. The number of hydrogen-bond acceptors (Lipinski definition) is 3. The first kappa shape index (κ1) is 19.2. The Labute approximate surface area is 159 Å². The van der Waals surface area contributed by atoms with E-state index in [1.165, 1.54) is 12.1 Å². The zero-order valence-corrected chi connectivity index (χ0v) is 16.0. The minimum Gasteiger partial charge on any atom is -0.497 e. The number of benzene rings is 2. The summed E-state index contributed by atoms with van der Waals surface area (Å²) in [6.45, 7) is 4.10. The minimum atomic E-state index is -0.241. The van der Waals surface area contributed by atoms with Gasteiger partial charge in [0.05, 0.1) is 19.8 Å². The van der Waals surface area contributed by atoms with E-state index >= 15 is 0 Å². The molecule has 2 atom stereocenters. The third-order valence-electron chi connectivity index (χ3n) is 4.60. The minimum absolute atomic E-state index is 0.0455. The lowest BCUT2D eigenvalue weighted by Gasteiger charge is -2.38. The van der Waals surface area contributed by atoms with Gasteiger partial charge in [0, 0.05) is 20.1 Å². The number of nitrogens with zero attached hydrogens (tertiary/aromatic N) is 2. The van der Waals surface area contributed by atoms with Crippen molar-refractivity contribution in [3.05, 3.63) is 65.5 Å². The fourth-order valence-corrected chi connectivity index (χ4v) is 3.28. The summed E-state index contributed by atoms with van der Waals surface area (Å²) in [6.07, 6.45) is -0.0751. The lowest BCUT2D eigenvalue weighted by atomic mass is 10.1. The molecule has 0 spiro atoms. The molecule has 144 valence electrons. The molecule has 1 heterocycles. The third kappa shape index (κ3) is 4.98. The average Bonchev–Trinajstić information content (AvgIpc) is 2.69. The van der Waals surface area contributed by atoms with Gasteiger partial charge in [-0.15, -0.1) is 0 Å². The number of halogens is 1. The van der Waals surface area contributed by atoms with Crippen LogP contribution in [-0.4, -0.2) is 44.2 Å². The summed E-state index contributed by atoms with van der Waals surface area (Å²) in [6, 6.07) is 14.5. The Bertz CT molecular complexity index is 779. The zero-order chi connectivity index (χ0) is 19.2. The maximum Gasteiger partial charge on any atom is 0.194 e. The molecule has 3 rings (SSSR count). The quantitative estimate of drug-likeness (QED) is 0.661. The maximum absolute atomic E-state index is 13.2. The van der Waals surface area contributed by atoms with Gasteiger partial charge < -0.3 is 19.7 Å². The van der Waals surface area contributed by atoms with Crippen LogP contribution in [0, 0.1) is 5.82 Å². The van der Waals surface area contributed by atoms with Crippen molar-refractivity contribution in [2.24, 2.45) is 4.99 Å². The van der Waals surface area contributed by atoms with Crippen LogP contribution in [0.5, 0.6) is 5.75 Å². The SMILES string of the molecule is CN=C(NCc1cccc(OC)c1)N1CC(C)OC(c2ccc(F)cc2)C1. The first-order chi connectivity index (χ1) is 13.1. The number of methoxy groups -OCH3 is 1. The van der Waals surface area contributed by atoms with E-state index in [2.05, 4.69) is 15.2 Å². The Kier molecular flexibility index (Phi) is 6.29. The monoisotopic (exact) mass is 371 g/mol. The van der Waals surface area contributed by atoms with E-state index in [1.54, 1.807) is 26.3 Å². The normalized spacial score (nSPS) is 20.4. The zero-order valence-electron chi connectivity index (χ0n) is 16.0. The second-order valence-corrected chi connectivity index (χ2v) is 6.64. The van der Waals surface area contributed by atoms with Crippen molar-refractivity contribution in [2.45, 2.75) is 25.7 Å². The van der Waals surface area contributed by atoms with Crippen LogP contribution in [0.15, 0.2) is 53.5 Å². The molecule has 0 radical (unpaired) electrons. The van der Waals surface area contributed by atoms with Gasteiger partial charge in [-0.05, 0) is 42.3 Å². The number of guanidine groups is 1. The van der Waals surface area contributed by atoms with Gasteiger partial charge in [0.1, 0.15) is 17.7 Å². The number of rotatable bonds is 4. The van der Waals surface area contributed by atoms with E-state index in [0.29, 0.717) is 13.1 Å². The molecule has 0 amide bonds. The van der Waals surface area contributed by atoms with Crippen molar-refractivity contribution >= 4 is 5.96 Å². The topological polar surface area (TPSA) is 46.1 Å². The van der Waals surface area contributed by atoms with Gasteiger partial charge in [-0.3, -0.25) is 4.99 Å². The molecule has 1 aliphatic heterocycles. The van der Waals surface area contributed by atoms with Gasteiger partial charge in [-0.2, -0.15) is 0 Å². The van der Waals surface area contributed by atoms with E-state index in [4.69, 9.17) is 9.47 Å². The van der Waals surface area contributed by atoms with Gasteiger partial charge in [0.2, 0.25) is 0 Å². The Morgan fingerprint density at radius 3 is 2.74 bits per heavy atom. The van der Waals surface area contributed by atoms with Crippen LogP contribution in [0.4, 0.5) is 4.39 Å². The Morgan fingerprint density at radius 1 is 1.26 bits per heavy atom. The molecule has 0 saturated carbocycles. The summed E-state index contributed by atoms with van der Waals surface area (Å²) >= 11 is 0. The molecule has 0 aromatic heterocycles. The number of nitrogens with one attached hydrogen (secondary N) is 1. The van der Waals surface area contributed by atoms with Crippen molar-refractivity contribution < 1.29 is 13.9 Å². The summed E-state index contributed by atoms with van der Waals surface area (Å²) in [7, 11) is 3.44. The molecule has 5 nitrogen and oxygen atoms in total. The van der Waals surface area contributed by atoms with Crippen LogP contribution in [0.25, 0.3) is 0 Å². The lowest BCUT2D eigenvalue weighted by Crippen LogP contribution is -2.50. The second kappa shape index (κ2) is 8.86. The molecule has 1 N–H and O–H groups in total. The van der Waals surface area contributed by atoms with Crippen LogP contribution < -0.4 is 10.1 Å². The van der Waals surface area contributed by atoms with Crippen LogP contribution in [0.3, 0.4) is 0 Å². The Balaban J connectivity index is 1.67. The molecular formula is C21H26FN3O2. The van der Waals surface area contributed by atoms with Crippen molar-refractivity contribution in [1.82, 2.24) is 10.2 Å². The highest BCUT2D eigenvalue weighted by atomic mass is 19.1. The standard InChI is InChI=1S/C21H26FN3O2/c1-15-13-25(14-20(27-15)17-7-9-18(22)10-8-17)21(23-2)24-12-16-5-4-6-19(11-16)26-3/h4-11,15,20H,12-14H2,1-3H3,(H,23,24). The van der Waals surface area contributed by atoms with Crippen LogP contribution in [0.1, 0.15) is 24.2 Å². The number of hydrogen-bond donors (Lipinski definition) is 1. The van der Waals surface area contributed by atoms with E-state index in [0.717, 1.165) is 29.4 Å². The maximum atomic E-state index is 13.2. The summed E-state index contributed by atoms with van der Waals surface area (Å²) in [5.41, 5.74) is 2.09. The summed E-state index contributed by atoms with van der Waals surface area (Å²) in [4.78, 5) is 6.61. The first-order valence-corrected chi connectivity index (χ1v) is 9.08. The van der Waals surface area contributed by atoms with Crippen LogP contribution in [0.2, 0.25) is 0 Å². The molecule has 0 bridgehead atoms. The van der Waals surface area contributed by atoms with Crippen molar-refractivity contribution in [3.63, 3.8) is 0 Å². The third-order valence-corrected chi connectivity index (χ3v) is 4.60. The van der Waals surface area contributed by atoms with E-state index in [1.807, 2.05) is 31.2 Å². The number of morpholine rings is 1. The van der Waals surface area contributed by atoms with Crippen molar-refractivity contribution in [3.8, 4) is 5.75 Å².